The number of aryl methyl sites for hydroxylation is 1. The fraction of sp³-hybridized carbons (Fsp3) is 0.333. The Morgan fingerprint density at radius 2 is 1.12 bits per heavy atom. The molecule has 2 atom stereocenters. The van der Waals surface area contributed by atoms with Gasteiger partial charge in [-0.15, -0.1) is 0 Å². The van der Waals surface area contributed by atoms with Gasteiger partial charge in [-0.1, -0.05) is 75.0 Å². The predicted molar refractivity (Wildman–Crippen MR) is 226 cm³/mol. The summed E-state index contributed by atoms with van der Waals surface area (Å²) in [6.07, 6.45) is 0.167. The zero-order valence-electron chi connectivity index (χ0n) is 33.9. The lowest BCUT2D eigenvalue weighted by molar-refractivity contribution is -0.143. The van der Waals surface area contributed by atoms with E-state index in [1.54, 1.807) is 13.8 Å². The summed E-state index contributed by atoms with van der Waals surface area (Å²) in [5.74, 6) is 1.70. The summed E-state index contributed by atoms with van der Waals surface area (Å²) in [6, 6.07) is 29.1. The number of aliphatic hydroxyl groups excluding tert-OH is 2. The molecule has 0 aromatic heterocycles. The van der Waals surface area contributed by atoms with E-state index in [-0.39, 0.29) is 69.9 Å². The summed E-state index contributed by atoms with van der Waals surface area (Å²) in [6.45, 7) is 13.0. The van der Waals surface area contributed by atoms with Crippen molar-refractivity contribution >= 4 is 33.5 Å². The zero-order chi connectivity index (χ0) is 41.9. The molecule has 0 spiro atoms. The van der Waals surface area contributed by atoms with Gasteiger partial charge >= 0.3 is 11.9 Å². The Bertz CT molecular complexity index is 2140. The molecule has 2 unspecified atom stereocenters. The summed E-state index contributed by atoms with van der Waals surface area (Å²) in [5.41, 5.74) is 5.11. The number of benzene rings is 5. The van der Waals surface area contributed by atoms with Gasteiger partial charge in [-0.25, -0.2) is 9.59 Å². The van der Waals surface area contributed by atoms with Crippen LogP contribution >= 0.6 is 0 Å². The largest absolute Gasteiger partial charge is 0.491 e. The lowest BCUT2D eigenvalue weighted by Gasteiger charge is -2.31. The summed E-state index contributed by atoms with van der Waals surface area (Å²) in [4.78, 5) is 23.1. The Labute approximate surface area is 344 Å². The molecule has 0 saturated heterocycles. The van der Waals surface area contributed by atoms with Crippen LogP contribution in [0.1, 0.15) is 55.4 Å². The van der Waals surface area contributed by atoms with Gasteiger partial charge in [-0.05, 0) is 89.3 Å². The highest BCUT2D eigenvalue weighted by molar-refractivity contribution is 5.96. The monoisotopic (exact) mass is 804 g/mol. The lowest BCUT2D eigenvalue weighted by Crippen LogP contribution is -2.25. The van der Waals surface area contributed by atoms with Crippen molar-refractivity contribution in [3.8, 4) is 23.0 Å². The van der Waals surface area contributed by atoms with Gasteiger partial charge in [0.1, 0.15) is 61.6 Å². The van der Waals surface area contributed by atoms with Gasteiger partial charge in [0.15, 0.2) is 0 Å². The molecule has 0 radical (unpaired) electrons. The molecule has 59 heavy (non-hydrogen) atoms. The molecule has 11 heteroatoms. The maximum Gasteiger partial charge on any atom is 0.333 e. The van der Waals surface area contributed by atoms with E-state index in [0.29, 0.717) is 11.5 Å². The first-order chi connectivity index (χ1) is 28.5. The van der Waals surface area contributed by atoms with Crippen LogP contribution in [0, 0.1) is 0 Å². The molecule has 1 aliphatic rings. The molecule has 0 aliphatic carbocycles. The van der Waals surface area contributed by atoms with Crippen molar-refractivity contribution in [3.05, 3.63) is 131 Å². The second-order valence-electron chi connectivity index (χ2n) is 14.7. The number of hydrogen-bond acceptors (Lipinski definition) is 11. The molecular weight excluding hydrogens is 753 g/mol. The minimum atomic E-state index is -0.952. The molecule has 6 rings (SSSR count). The fourth-order valence-corrected chi connectivity index (χ4v) is 6.90. The molecule has 1 aliphatic heterocycles. The van der Waals surface area contributed by atoms with E-state index in [4.69, 9.17) is 33.2 Å². The topological polar surface area (TPSA) is 139 Å². The summed E-state index contributed by atoms with van der Waals surface area (Å²) in [5, 5.41) is 24.2. The predicted octanol–water partition coefficient (Wildman–Crippen LogP) is 7.98. The number of fused-ring (bicyclic) bond motifs is 6. The second-order valence-corrected chi connectivity index (χ2v) is 14.7. The van der Waals surface area contributed by atoms with E-state index >= 15 is 0 Å². The molecular formula is C48H52O11. The first kappa shape index (κ1) is 42.9. The van der Waals surface area contributed by atoms with Crippen LogP contribution in [-0.2, 0) is 35.0 Å². The molecule has 0 amide bonds. The average molecular weight is 805 g/mol. The highest BCUT2D eigenvalue weighted by Gasteiger charge is 2.32. The molecule has 0 bridgehead atoms. The maximum atomic E-state index is 11.6. The van der Waals surface area contributed by atoms with Crippen LogP contribution in [0.4, 0.5) is 0 Å². The number of esters is 2. The van der Waals surface area contributed by atoms with Crippen LogP contribution in [0.15, 0.2) is 109 Å². The van der Waals surface area contributed by atoms with Crippen molar-refractivity contribution < 1.29 is 53.0 Å². The lowest BCUT2D eigenvalue weighted by atomic mass is 9.78. The quantitative estimate of drug-likeness (QED) is 0.0416. The Morgan fingerprint density at radius 1 is 0.644 bits per heavy atom. The highest BCUT2D eigenvalue weighted by atomic mass is 16.6. The number of hydrogen-bond donors (Lipinski definition) is 2. The van der Waals surface area contributed by atoms with Crippen molar-refractivity contribution in [1.82, 2.24) is 0 Å². The third-order valence-corrected chi connectivity index (χ3v) is 9.76. The van der Waals surface area contributed by atoms with E-state index in [9.17, 15) is 19.8 Å². The van der Waals surface area contributed by atoms with Crippen molar-refractivity contribution in [1.29, 1.82) is 0 Å². The van der Waals surface area contributed by atoms with E-state index in [1.165, 1.54) is 5.56 Å². The van der Waals surface area contributed by atoms with Gasteiger partial charge in [-0.2, -0.15) is 0 Å². The standard InChI is InChI=1S/C48H52O11/c1-6-7-32-8-10-33(11-9-32)44-45-40-16-14-38(55-22-20-53-26-36(49)28-57-47(51)30(2)3)24-34(40)12-18-42(45)59-43-19-13-35-25-39(15-17-41(35)46(43)44)56-23-21-54-27-37(50)29-58-48(52)31(4)5/h8-19,24-25,36-37,44,49-50H,2,4,6-7,20-23,26-29H2,1,3,5H3. The second kappa shape index (κ2) is 20.3. The van der Waals surface area contributed by atoms with E-state index < -0.39 is 24.1 Å². The maximum absolute atomic E-state index is 11.6. The molecule has 5 aromatic rings. The van der Waals surface area contributed by atoms with Gasteiger partial charge in [0, 0.05) is 28.2 Å². The van der Waals surface area contributed by atoms with Crippen molar-refractivity contribution in [2.45, 2.75) is 51.7 Å². The zero-order valence-corrected chi connectivity index (χ0v) is 33.9. The van der Waals surface area contributed by atoms with Gasteiger partial charge in [-0.3, -0.25) is 0 Å². The molecule has 0 fully saturated rings. The number of carbonyl (C=O) groups is 2. The first-order valence-corrected chi connectivity index (χ1v) is 19.8. The summed E-state index contributed by atoms with van der Waals surface area (Å²) in [7, 11) is 0. The summed E-state index contributed by atoms with van der Waals surface area (Å²) >= 11 is 0. The Kier molecular flexibility index (Phi) is 14.8. The van der Waals surface area contributed by atoms with E-state index in [0.717, 1.165) is 62.6 Å². The number of aliphatic hydroxyl groups is 2. The van der Waals surface area contributed by atoms with Crippen LogP contribution < -0.4 is 14.2 Å². The number of carbonyl (C=O) groups excluding carboxylic acids is 2. The third-order valence-electron chi connectivity index (χ3n) is 9.76. The average Bonchev–Trinajstić information content (AvgIpc) is 3.23. The molecule has 5 aromatic carbocycles. The molecule has 0 saturated carbocycles. The normalized spacial score (nSPS) is 14.1. The highest BCUT2D eigenvalue weighted by Crippen LogP contribution is 2.52. The smallest absolute Gasteiger partial charge is 0.333 e. The third kappa shape index (κ3) is 11.1. The Balaban J connectivity index is 1.18. The summed E-state index contributed by atoms with van der Waals surface area (Å²) < 4.78 is 39.8. The SMILES string of the molecule is C=C(C)C(=O)OCC(O)COCCOc1ccc2c3c(ccc2c1)Oc1ccc2cc(OCCOCC(O)COC(=O)C(=C)C)ccc2c1C3c1ccc(CCC)cc1. The molecule has 11 nitrogen and oxygen atoms in total. The van der Waals surface area contributed by atoms with Crippen molar-refractivity contribution in [2.24, 2.45) is 0 Å². The molecule has 310 valence electrons. The minimum absolute atomic E-state index is 0.00173. The van der Waals surface area contributed by atoms with Crippen molar-refractivity contribution in [3.63, 3.8) is 0 Å². The van der Waals surface area contributed by atoms with Gasteiger partial charge in [0.2, 0.25) is 0 Å². The Hall–Kier alpha value is -5.72. The van der Waals surface area contributed by atoms with Crippen LogP contribution in [0.5, 0.6) is 23.0 Å². The molecule has 2 N–H and O–H groups in total. The Morgan fingerprint density at radius 3 is 1.56 bits per heavy atom. The van der Waals surface area contributed by atoms with Crippen LogP contribution in [0.3, 0.4) is 0 Å². The van der Waals surface area contributed by atoms with Crippen LogP contribution in [0.2, 0.25) is 0 Å². The number of rotatable bonds is 21. The van der Waals surface area contributed by atoms with E-state index in [2.05, 4.69) is 56.5 Å². The van der Waals surface area contributed by atoms with Crippen LogP contribution in [-0.4, -0.2) is 87.2 Å². The fourth-order valence-electron chi connectivity index (χ4n) is 6.90. The molecule has 1 heterocycles. The first-order valence-electron chi connectivity index (χ1n) is 19.8. The van der Waals surface area contributed by atoms with E-state index in [1.807, 2.05) is 48.5 Å². The van der Waals surface area contributed by atoms with Crippen molar-refractivity contribution in [2.75, 3.05) is 52.9 Å². The van der Waals surface area contributed by atoms with Gasteiger partial charge < -0.3 is 43.4 Å². The minimum Gasteiger partial charge on any atom is -0.491 e. The van der Waals surface area contributed by atoms with Crippen LogP contribution in [0.25, 0.3) is 21.5 Å². The van der Waals surface area contributed by atoms with Gasteiger partial charge in [0.05, 0.1) is 26.4 Å². The van der Waals surface area contributed by atoms with Gasteiger partial charge in [0.25, 0.3) is 0 Å². The number of ether oxygens (including phenoxy) is 7.